The number of amides is 2. The maximum Gasteiger partial charge on any atom is 0.275 e. The number of H-pyrrole nitrogens is 1. The standard InChI is InChI=1S/C18H25N5O2/c1-2-3-7-14(19)17(24)22-9-11-23(12-10-22)18(25)16-13-6-4-5-8-15(13)20-21-16/h4-6,8,14H,2-3,7,9-12,19H2,1H3,(H,20,21). The zero-order chi connectivity index (χ0) is 17.8. The number of hydrogen-bond donors (Lipinski definition) is 2. The first-order chi connectivity index (χ1) is 12.1. The second-order valence-corrected chi connectivity index (χ2v) is 6.48. The molecule has 0 spiro atoms. The van der Waals surface area contributed by atoms with Crippen LogP contribution in [0.1, 0.15) is 36.7 Å². The number of nitrogens with two attached hydrogens (primary N) is 1. The Kier molecular flexibility index (Phi) is 5.33. The molecule has 25 heavy (non-hydrogen) atoms. The van der Waals surface area contributed by atoms with Crippen molar-refractivity contribution < 1.29 is 9.59 Å². The number of unbranched alkanes of at least 4 members (excludes halogenated alkanes) is 1. The van der Waals surface area contributed by atoms with Crippen LogP contribution in [0.4, 0.5) is 0 Å². The number of para-hydroxylation sites is 1. The molecule has 3 N–H and O–H groups in total. The summed E-state index contributed by atoms with van der Waals surface area (Å²) in [7, 11) is 0. The monoisotopic (exact) mass is 343 g/mol. The van der Waals surface area contributed by atoms with Gasteiger partial charge in [-0.15, -0.1) is 0 Å². The van der Waals surface area contributed by atoms with Gasteiger partial charge in [0.25, 0.3) is 5.91 Å². The molecule has 2 heterocycles. The van der Waals surface area contributed by atoms with Gasteiger partial charge in [-0.3, -0.25) is 14.7 Å². The number of hydrogen-bond acceptors (Lipinski definition) is 4. The Morgan fingerprint density at radius 2 is 1.88 bits per heavy atom. The largest absolute Gasteiger partial charge is 0.338 e. The van der Waals surface area contributed by atoms with E-state index in [9.17, 15) is 9.59 Å². The van der Waals surface area contributed by atoms with E-state index in [0.717, 1.165) is 23.7 Å². The van der Waals surface area contributed by atoms with Crippen LogP contribution in [-0.2, 0) is 4.79 Å². The quantitative estimate of drug-likeness (QED) is 0.857. The van der Waals surface area contributed by atoms with Crippen LogP contribution in [-0.4, -0.2) is 64.0 Å². The minimum Gasteiger partial charge on any atom is -0.338 e. The Morgan fingerprint density at radius 3 is 2.60 bits per heavy atom. The average molecular weight is 343 g/mol. The molecule has 1 unspecified atom stereocenters. The summed E-state index contributed by atoms with van der Waals surface area (Å²) in [4.78, 5) is 28.6. The SMILES string of the molecule is CCCCC(N)C(=O)N1CCN(C(=O)c2n[nH]c3ccccc23)CC1. The van der Waals surface area contributed by atoms with Crippen molar-refractivity contribution in [3.63, 3.8) is 0 Å². The lowest BCUT2D eigenvalue weighted by molar-refractivity contribution is -0.134. The summed E-state index contributed by atoms with van der Waals surface area (Å²) in [5.74, 6) is -0.106. The van der Waals surface area contributed by atoms with Gasteiger partial charge in [-0.2, -0.15) is 5.10 Å². The van der Waals surface area contributed by atoms with E-state index >= 15 is 0 Å². The third-order valence-electron chi connectivity index (χ3n) is 4.74. The Balaban J connectivity index is 1.60. The van der Waals surface area contributed by atoms with Crippen molar-refractivity contribution in [3.8, 4) is 0 Å². The molecule has 1 fully saturated rings. The van der Waals surface area contributed by atoms with Crippen molar-refractivity contribution in [2.75, 3.05) is 26.2 Å². The first-order valence-corrected chi connectivity index (χ1v) is 8.88. The molecule has 0 saturated carbocycles. The predicted octanol–water partition coefficient (Wildman–Crippen LogP) is 1.36. The van der Waals surface area contributed by atoms with Crippen molar-refractivity contribution in [1.82, 2.24) is 20.0 Å². The molecule has 0 radical (unpaired) electrons. The molecule has 1 aromatic carbocycles. The summed E-state index contributed by atoms with van der Waals surface area (Å²) in [5.41, 5.74) is 7.27. The maximum atomic E-state index is 12.7. The zero-order valence-electron chi connectivity index (χ0n) is 14.6. The molecular formula is C18H25N5O2. The van der Waals surface area contributed by atoms with Crippen LogP contribution in [0.25, 0.3) is 10.9 Å². The fourth-order valence-corrected chi connectivity index (χ4v) is 3.19. The number of rotatable bonds is 5. The number of aromatic amines is 1. The fourth-order valence-electron chi connectivity index (χ4n) is 3.19. The first kappa shape index (κ1) is 17.4. The predicted molar refractivity (Wildman–Crippen MR) is 96.1 cm³/mol. The number of carbonyl (C=O) groups excluding carboxylic acids is 2. The number of aromatic nitrogens is 2. The number of carbonyl (C=O) groups is 2. The lowest BCUT2D eigenvalue weighted by atomic mass is 10.1. The molecule has 2 amide bonds. The van der Waals surface area contributed by atoms with E-state index in [4.69, 9.17) is 5.73 Å². The average Bonchev–Trinajstić information content (AvgIpc) is 3.09. The maximum absolute atomic E-state index is 12.7. The summed E-state index contributed by atoms with van der Waals surface area (Å²) in [6.07, 6.45) is 2.70. The Bertz CT molecular complexity index is 749. The van der Waals surface area contributed by atoms with Crippen LogP contribution >= 0.6 is 0 Å². The Morgan fingerprint density at radius 1 is 1.20 bits per heavy atom. The lowest BCUT2D eigenvalue weighted by Gasteiger charge is -2.35. The van der Waals surface area contributed by atoms with Gasteiger partial charge in [-0.05, 0) is 12.5 Å². The molecule has 7 nitrogen and oxygen atoms in total. The van der Waals surface area contributed by atoms with Crippen LogP contribution in [0.3, 0.4) is 0 Å². The van der Waals surface area contributed by atoms with E-state index in [-0.39, 0.29) is 11.8 Å². The van der Waals surface area contributed by atoms with Crippen LogP contribution in [0, 0.1) is 0 Å². The lowest BCUT2D eigenvalue weighted by Crippen LogP contribution is -2.54. The molecule has 1 aliphatic rings. The zero-order valence-corrected chi connectivity index (χ0v) is 14.6. The van der Waals surface area contributed by atoms with Crippen molar-refractivity contribution in [3.05, 3.63) is 30.0 Å². The number of nitrogens with one attached hydrogen (secondary N) is 1. The van der Waals surface area contributed by atoms with Crippen molar-refractivity contribution in [1.29, 1.82) is 0 Å². The summed E-state index contributed by atoms with van der Waals surface area (Å²) < 4.78 is 0. The van der Waals surface area contributed by atoms with Gasteiger partial charge in [0, 0.05) is 31.6 Å². The molecule has 2 aromatic rings. The van der Waals surface area contributed by atoms with Crippen LogP contribution in [0.15, 0.2) is 24.3 Å². The third-order valence-corrected chi connectivity index (χ3v) is 4.74. The van der Waals surface area contributed by atoms with Crippen molar-refractivity contribution in [2.24, 2.45) is 5.73 Å². The molecule has 1 saturated heterocycles. The van der Waals surface area contributed by atoms with Crippen LogP contribution in [0.2, 0.25) is 0 Å². The van der Waals surface area contributed by atoms with Gasteiger partial charge in [0.15, 0.2) is 5.69 Å². The molecule has 134 valence electrons. The summed E-state index contributed by atoms with van der Waals surface area (Å²) >= 11 is 0. The highest BCUT2D eigenvalue weighted by atomic mass is 16.2. The second kappa shape index (κ2) is 7.65. The molecular weight excluding hydrogens is 318 g/mol. The molecule has 3 rings (SSSR count). The van der Waals surface area contributed by atoms with Gasteiger partial charge in [-0.25, -0.2) is 0 Å². The highest BCUT2D eigenvalue weighted by molar-refractivity contribution is 6.04. The van der Waals surface area contributed by atoms with Crippen LogP contribution < -0.4 is 5.73 Å². The van der Waals surface area contributed by atoms with E-state index in [1.54, 1.807) is 9.80 Å². The highest BCUT2D eigenvalue weighted by Gasteiger charge is 2.28. The first-order valence-electron chi connectivity index (χ1n) is 8.88. The molecule has 1 atom stereocenters. The van der Waals surface area contributed by atoms with Gasteiger partial charge >= 0.3 is 0 Å². The van der Waals surface area contributed by atoms with Gasteiger partial charge < -0.3 is 15.5 Å². The van der Waals surface area contributed by atoms with Gasteiger partial charge in [0.1, 0.15) is 0 Å². The van der Waals surface area contributed by atoms with Crippen molar-refractivity contribution in [2.45, 2.75) is 32.2 Å². The van der Waals surface area contributed by atoms with Crippen LogP contribution in [0.5, 0.6) is 0 Å². The smallest absolute Gasteiger partial charge is 0.275 e. The van der Waals surface area contributed by atoms with Gasteiger partial charge in [-0.1, -0.05) is 38.0 Å². The van der Waals surface area contributed by atoms with E-state index in [2.05, 4.69) is 17.1 Å². The summed E-state index contributed by atoms with van der Waals surface area (Å²) in [6.45, 7) is 4.14. The molecule has 1 aromatic heterocycles. The molecule has 0 aliphatic carbocycles. The number of fused-ring (bicyclic) bond motifs is 1. The highest BCUT2D eigenvalue weighted by Crippen LogP contribution is 2.18. The van der Waals surface area contributed by atoms with E-state index in [1.165, 1.54) is 0 Å². The topological polar surface area (TPSA) is 95.3 Å². The normalized spacial score (nSPS) is 16.2. The molecule has 1 aliphatic heterocycles. The molecule has 0 bridgehead atoms. The summed E-state index contributed by atoms with van der Waals surface area (Å²) in [5, 5.41) is 7.89. The minimum atomic E-state index is -0.433. The van der Waals surface area contributed by atoms with E-state index in [0.29, 0.717) is 38.3 Å². The molecule has 7 heteroatoms. The number of nitrogens with zero attached hydrogens (tertiary/aromatic N) is 3. The minimum absolute atomic E-state index is 0.00855. The van der Waals surface area contributed by atoms with Gasteiger partial charge in [0.2, 0.25) is 5.91 Å². The Labute approximate surface area is 147 Å². The Hall–Kier alpha value is -2.41. The van der Waals surface area contributed by atoms with Crippen molar-refractivity contribution >= 4 is 22.7 Å². The second-order valence-electron chi connectivity index (χ2n) is 6.48. The third kappa shape index (κ3) is 3.66. The summed E-state index contributed by atoms with van der Waals surface area (Å²) in [6, 6.07) is 7.15. The number of benzene rings is 1. The van der Waals surface area contributed by atoms with E-state index < -0.39 is 6.04 Å². The number of piperazine rings is 1. The van der Waals surface area contributed by atoms with E-state index in [1.807, 2.05) is 24.3 Å². The van der Waals surface area contributed by atoms with Gasteiger partial charge in [0.05, 0.1) is 11.6 Å². The fraction of sp³-hybridized carbons (Fsp3) is 0.500.